The second-order valence-corrected chi connectivity index (χ2v) is 15.2. The maximum atomic E-state index is 13.9. The van der Waals surface area contributed by atoms with Gasteiger partial charge in [0.2, 0.25) is 0 Å². The number of aromatic nitrogens is 4. The van der Waals surface area contributed by atoms with Gasteiger partial charge in [0, 0.05) is 80.7 Å². The Bertz CT molecular complexity index is 2420. The lowest BCUT2D eigenvalue weighted by Gasteiger charge is -2.39. The number of halogens is 2. The maximum absolute atomic E-state index is 13.9. The van der Waals surface area contributed by atoms with Gasteiger partial charge in [-0.15, -0.1) is 0 Å². The second kappa shape index (κ2) is 16.1. The molecule has 6 heterocycles. The Hall–Kier alpha value is -6.37. The van der Waals surface area contributed by atoms with Gasteiger partial charge in [-0.2, -0.15) is 0 Å². The zero-order valence-electron chi connectivity index (χ0n) is 31.5. The van der Waals surface area contributed by atoms with E-state index in [1.54, 1.807) is 49.1 Å². The van der Waals surface area contributed by atoms with Gasteiger partial charge in [-0.1, -0.05) is 65.7 Å². The van der Waals surface area contributed by atoms with Gasteiger partial charge in [0.05, 0.1) is 49.5 Å². The smallest absolute Gasteiger partial charge is 0.340 e. The minimum Gasteiger partial charge on any atom is -0.506 e. The minimum absolute atomic E-state index is 0.0308. The van der Waals surface area contributed by atoms with E-state index in [1.807, 2.05) is 84.9 Å². The molecule has 294 valence electrons. The van der Waals surface area contributed by atoms with Crippen LogP contribution in [0.1, 0.15) is 61.0 Å². The van der Waals surface area contributed by atoms with Crippen LogP contribution in [0.15, 0.2) is 134 Å². The summed E-state index contributed by atoms with van der Waals surface area (Å²) in [7, 11) is 0. The Kier molecular flexibility index (Phi) is 10.4. The van der Waals surface area contributed by atoms with Gasteiger partial charge in [0.15, 0.2) is 5.60 Å². The third kappa shape index (κ3) is 7.34. The van der Waals surface area contributed by atoms with E-state index in [-0.39, 0.29) is 46.1 Å². The zero-order valence-corrected chi connectivity index (χ0v) is 33.0. The van der Waals surface area contributed by atoms with E-state index in [0.29, 0.717) is 59.6 Å². The molecule has 7 aromatic rings. The molecule has 4 aromatic heterocycles. The summed E-state index contributed by atoms with van der Waals surface area (Å²) >= 11 is 13.9. The average Bonchev–Trinajstić information content (AvgIpc) is 3.55. The topological polar surface area (TPSA) is 134 Å². The highest BCUT2D eigenvalue weighted by molar-refractivity contribution is 6.33. The van der Waals surface area contributed by atoms with Crippen molar-refractivity contribution in [2.24, 2.45) is 0 Å². The molecule has 0 unspecified atom stereocenters. The van der Waals surface area contributed by atoms with Crippen molar-refractivity contribution in [1.29, 1.82) is 0 Å². The average molecular weight is 824 g/mol. The van der Waals surface area contributed by atoms with E-state index in [4.69, 9.17) is 32.7 Å². The van der Waals surface area contributed by atoms with E-state index in [2.05, 4.69) is 29.7 Å². The number of aromatic hydroxyl groups is 2. The van der Waals surface area contributed by atoms with Crippen molar-refractivity contribution in [3.63, 3.8) is 0 Å². The molecule has 59 heavy (non-hydrogen) atoms. The van der Waals surface area contributed by atoms with Gasteiger partial charge in [0.25, 0.3) is 0 Å². The maximum Gasteiger partial charge on any atom is 0.340 e. The summed E-state index contributed by atoms with van der Waals surface area (Å²) in [4.78, 5) is 36.4. The lowest BCUT2D eigenvalue weighted by Crippen LogP contribution is -2.35. The van der Waals surface area contributed by atoms with Gasteiger partial charge in [-0.05, 0) is 66.7 Å². The fourth-order valence-electron chi connectivity index (χ4n) is 7.93. The van der Waals surface area contributed by atoms with Crippen molar-refractivity contribution >= 4 is 29.2 Å². The molecule has 0 saturated carbocycles. The highest BCUT2D eigenvalue weighted by Crippen LogP contribution is 2.61. The summed E-state index contributed by atoms with van der Waals surface area (Å²) in [6.07, 6.45) is 6.92. The molecule has 0 amide bonds. The Morgan fingerprint density at radius 2 is 0.915 bits per heavy atom. The lowest BCUT2D eigenvalue weighted by molar-refractivity contribution is 0.0221. The molecule has 0 bridgehead atoms. The third-order valence-electron chi connectivity index (χ3n) is 10.5. The first-order chi connectivity index (χ1) is 28.8. The van der Waals surface area contributed by atoms with Gasteiger partial charge in [0.1, 0.15) is 23.0 Å². The predicted molar refractivity (Wildman–Crippen MR) is 221 cm³/mol. The first kappa shape index (κ1) is 38.2. The number of pyridine rings is 4. The standard InChI is InChI=1S/C46H36Cl2N6O5/c47-39-21-37-43(34(41(39)55)27-53(23-29-11-3-7-17-49-29)24-30-12-4-8-18-50-30)58-44-35(28-54(25-31-13-5-9-19-51-31)26-32-14-6-10-20-52-32)42(56)40(48)22-38(44)46(37)36-16-2-1-15-33(36)45(57)59-46/h1-22,55-56H,23-28H2. The van der Waals surface area contributed by atoms with Gasteiger partial charge < -0.3 is 19.7 Å². The first-order valence-electron chi connectivity index (χ1n) is 18.9. The summed E-state index contributed by atoms with van der Waals surface area (Å²) in [6.45, 7) is 1.77. The summed E-state index contributed by atoms with van der Waals surface area (Å²) < 4.78 is 13.5. The highest BCUT2D eigenvalue weighted by atomic mass is 35.5. The molecule has 2 N–H and O–H groups in total. The Morgan fingerprint density at radius 3 is 1.31 bits per heavy atom. The number of phenols is 2. The van der Waals surface area contributed by atoms with Crippen molar-refractivity contribution in [2.75, 3.05) is 0 Å². The molecule has 2 aliphatic rings. The van der Waals surface area contributed by atoms with Crippen LogP contribution in [0.5, 0.6) is 23.0 Å². The number of benzene rings is 3. The van der Waals surface area contributed by atoms with Crippen LogP contribution in [0.2, 0.25) is 10.0 Å². The van der Waals surface area contributed by atoms with Crippen LogP contribution in [0.25, 0.3) is 0 Å². The van der Waals surface area contributed by atoms with Crippen LogP contribution in [0.3, 0.4) is 0 Å². The van der Waals surface area contributed by atoms with E-state index >= 15 is 0 Å². The van der Waals surface area contributed by atoms with E-state index in [1.165, 1.54) is 0 Å². The van der Waals surface area contributed by atoms with Gasteiger partial charge >= 0.3 is 5.97 Å². The van der Waals surface area contributed by atoms with Crippen molar-refractivity contribution in [3.8, 4) is 23.0 Å². The molecule has 11 nitrogen and oxygen atoms in total. The number of ether oxygens (including phenoxy) is 2. The van der Waals surface area contributed by atoms with Crippen molar-refractivity contribution in [1.82, 2.24) is 29.7 Å². The highest BCUT2D eigenvalue weighted by Gasteiger charge is 2.55. The molecule has 0 aliphatic carbocycles. The monoisotopic (exact) mass is 822 g/mol. The van der Waals surface area contributed by atoms with Crippen LogP contribution in [-0.4, -0.2) is 45.9 Å². The number of carbonyl (C=O) groups is 1. The molecule has 13 heteroatoms. The van der Waals surface area contributed by atoms with E-state index < -0.39 is 11.6 Å². The number of nitrogens with zero attached hydrogens (tertiary/aromatic N) is 6. The summed E-state index contributed by atoms with van der Waals surface area (Å²) in [5.74, 6) is -0.532. The SMILES string of the molecule is O=C1OC2(c3ccccc31)c1cc(Cl)c(O)c(CN(Cc3ccccn3)Cc3ccccn3)c1Oc1c2cc(Cl)c(O)c1CN(Cc1ccccn1)Cc1ccccn1. The molecular weight excluding hydrogens is 787 g/mol. The van der Waals surface area contributed by atoms with E-state index in [0.717, 1.165) is 22.8 Å². The van der Waals surface area contributed by atoms with Gasteiger partial charge in [-0.3, -0.25) is 29.7 Å². The Balaban J connectivity index is 1.23. The molecule has 0 saturated heterocycles. The van der Waals surface area contributed by atoms with Gasteiger partial charge in [-0.25, -0.2) is 4.79 Å². The Labute approximate surface area is 350 Å². The van der Waals surface area contributed by atoms with Crippen LogP contribution in [0.4, 0.5) is 0 Å². The van der Waals surface area contributed by atoms with Crippen LogP contribution in [0, 0.1) is 0 Å². The van der Waals surface area contributed by atoms with Crippen LogP contribution in [-0.2, 0) is 49.6 Å². The van der Waals surface area contributed by atoms with Crippen molar-refractivity contribution < 1.29 is 24.5 Å². The number of esters is 1. The number of carbonyl (C=O) groups excluding carboxylic acids is 1. The number of phenolic OH excluding ortho intramolecular Hbond substituents is 2. The lowest BCUT2D eigenvalue weighted by atomic mass is 9.76. The Morgan fingerprint density at radius 1 is 0.525 bits per heavy atom. The second-order valence-electron chi connectivity index (χ2n) is 14.4. The summed E-state index contributed by atoms with van der Waals surface area (Å²) in [5, 5.41) is 23.9. The number of hydrogen-bond donors (Lipinski definition) is 2. The van der Waals surface area contributed by atoms with Crippen molar-refractivity contribution in [3.05, 3.63) is 200 Å². The summed E-state index contributed by atoms with van der Waals surface area (Å²) in [6, 6.07) is 33.0. The fourth-order valence-corrected chi connectivity index (χ4v) is 8.38. The number of rotatable bonds is 12. The normalized spacial score (nSPS) is 13.5. The molecule has 0 atom stereocenters. The zero-order chi connectivity index (χ0) is 40.5. The number of fused-ring (bicyclic) bond motifs is 6. The third-order valence-corrected chi connectivity index (χ3v) is 11.1. The van der Waals surface area contributed by atoms with Crippen LogP contribution >= 0.6 is 23.2 Å². The molecule has 2 aliphatic heterocycles. The van der Waals surface area contributed by atoms with Crippen molar-refractivity contribution in [2.45, 2.75) is 44.9 Å². The summed E-state index contributed by atoms with van der Waals surface area (Å²) in [5.41, 5.74) is 3.89. The molecular formula is C46H36Cl2N6O5. The van der Waals surface area contributed by atoms with E-state index in [9.17, 15) is 15.0 Å². The largest absolute Gasteiger partial charge is 0.506 e. The minimum atomic E-state index is -1.63. The predicted octanol–water partition coefficient (Wildman–Crippen LogP) is 8.96. The molecule has 3 aromatic carbocycles. The first-order valence-corrected chi connectivity index (χ1v) is 19.7. The van der Waals surface area contributed by atoms with Crippen LogP contribution < -0.4 is 4.74 Å². The molecule has 9 rings (SSSR count). The molecule has 0 radical (unpaired) electrons. The fraction of sp³-hybridized carbons (Fsp3) is 0.152. The molecule has 1 spiro atoms. The number of hydrogen-bond acceptors (Lipinski definition) is 11. The quantitative estimate of drug-likeness (QED) is 0.114. The molecule has 0 fully saturated rings.